The fraction of sp³-hybridized carbons (Fsp3) is 0.136. The Morgan fingerprint density at radius 3 is 2.78 bits per heavy atom. The highest BCUT2D eigenvalue weighted by Crippen LogP contribution is 2.27. The molecule has 4 aromatic rings. The Balaban J connectivity index is 1.44. The summed E-state index contributed by atoms with van der Waals surface area (Å²) in [6.45, 7) is 2.47. The second kappa shape index (κ2) is 7.68. The van der Waals surface area contributed by atoms with Crippen LogP contribution >= 0.6 is 11.3 Å². The summed E-state index contributed by atoms with van der Waals surface area (Å²) in [6.07, 6.45) is 3.92. The minimum atomic E-state index is 0.0158. The third-order valence-corrected chi connectivity index (χ3v) is 5.68. The van der Waals surface area contributed by atoms with Gasteiger partial charge in [0.2, 0.25) is 5.91 Å². The molecule has 1 N–H and O–H groups in total. The molecule has 2 aromatic carbocycles. The lowest BCUT2D eigenvalue weighted by molar-refractivity contribution is -0.120. The van der Waals surface area contributed by atoms with Gasteiger partial charge in [0.25, 0.3) is 0 Å². The maximum Gasteiger partial charge on any atom is 0.224 e. The highest BCUT2D eigenvalue weighted by atomic mass is 32.1. The van der Waals surface area contributed by atoms with Gasteiger partial charge in [0.05, 0.1) is 18.7 Å². The number of nitrogens with one attached hydrogen (secondary N) is 1. The molecule has 0 fully saturated rings. The van der Waals surface area contributed by atoms with Crippen molar-refractivity contribution in [3.05, 3.63) is 83.1 Å². The monoisotopic (exact) mass is 373 g/mol. The number of nitrogens with zero attached hydrogens (tertiary/aromatic N) is 2. The van der Waals surface area contributed by atoms with E-state index >= 15 is 0 Å². The number of aromatic nitrogens is 2. The Hall–Kier alpha value is -3.05. The molecular weight excluding hydrogens is 354 g/mol. The molecule has 4 nitrogen and oxygen atoms in total. The minimum Gasteiger partial charge on any atom is -0.351 e. The van der Waals surface area contributed by atoms with Gasteiger partial charge in [-0.2, -0.15) is 0 Å². The fourth-order valence-corrected chi connectivity index (χ4v) is 4.06. The summed E-state index contributed by atoms with van der Waals surface area (Å²) in [5.74, 6) is 0.0158. The first-order chi connectivity index (χ1) is 13.2. The summed E-state index contributed by atoms with van der Waals surface area (Å²) >= 11 is 1.60. The molecule has 0 saturated heterocycles. The lowest BCUT2D eigenvalue weighted by Crippen LogP contribution is -2.24. The summed E-state index contributed by atoms with van der Waals surface area (Å²) in [5, 5.41) is 6.25. The zero-order chi connectivity index (χ0) is 18.6. The van der Waals surface area contributed by atoms with Gasteiger partial charge in [-0.15, -0.1) is 11.3 Å². The van der Waals surface area contributed by atoms with Gasteiger partial charge in [0.15, 0.2) is 0 Å². The quantitative estimate of drug-likeness (QED) is 0.559. The predicted octanol–water partition coefficient (Wildman–Crippen LogP) is 4.53. The normalized spacial score (nSPS) is 10.9. The van der Waals surface area contributed by atoms with Crippen LogP contribution in [-0.4, -0.2) is 15.9 Å². The van der Waals surface area contributed by atoms with E-state index in [-0.39, 0.29) is 5.91 Å². The van der Waals surface area contributed by atoms with Crippen LogP contribution in [0.3, 0.4) is 0 Å². The van der Waals surface area contributed by atoms with Crippen molar-refractivity contribution in [2.75, 3.05) is 0 Å². The number of pyridine rings is 1. The molecule has 0 spiro atoms. The molecular formula is C22H19N3OS. The number of carbonyl (C=O) groups is 1. The topological polar surface area (TPSA) is 54.9 Å². The maximum absolute atomic E-state index is 12.5. The van der Waals surface area contributed by atoms with Gasteiger partial charge >= 0.3 is 0 Å². The van der Waals surface area contributed by atoms with Crippen molar-refractivity contribution in [3.8, 4) is 10.6 Å². The van der Waals surface area contributed by atoms with Crippen molar-refractivity contribution in [3.63, 3.8) is 0 Å². The molecule has 0 radical (unpaired) electrons. The van der Waals surface area contributed by atoms with Crippen LogP contribution in [0.2, 0.25) is 0 Å². The first-order valence-electron chi connectivity index (χ1n) is 8.81. The van der Waals surface area contributed by atoms with Gasteiger partial charge in [-0.05, 0) is 35.4 Å². The fourth-order valence-electron chi connectivity index (χ4n) is 3.07. The smallest absolute Gasteiger partial charge is 0.224 e. The number of thiazole rings is 1. The lowest BCUT2D eigenvalue weighted by atomic mass is 10.0. The molecule has 1 amide bonds. The number of amides is 1. The van der Waals surface area contributed by atoms with E-state index in [0.29, 0.717) is 13.0 Å². The highest BCUT2D eigenvalue weighted by molar-refractivity contribution is 7.15. The number of carbonyl (C=O) groups excluding carboxylic acids is 1. The minimum absolute atomic E-state index is 0.0158. The Kier molecular flexibility index (Phi) is 4.94. The van der Waals surface area contributed by atoms with Crippen molar-refractivity contribution in [1.82, 2.24) is 15.3 Å². The molecule has 0 atom stereocenters. The number of aryl methyl sites for hydroxylation is 1. The molecule has 0 unspecified atom stereocenters. The van der Waals surface area contributed by atoms with Gasteiger partial charge < -0.3 is 5.32 Å². The largest absolute Gasteiger partial charge is 0.351 e. The summed E-state index contributed by atoms with van der Waals surface area (Å²) in [4.78, 5) is 22.3. The standard InChI is InChI=1S/C22H19N3OS/c1-15-20(27-22(25-15)18-9-5-11-23-13-18)14-24-21(26)12-17-8-4-7-16-6-2-3-10-19(16)17/h2-11,13H,12,14H2,1H3,(H,24,26). The highest BCUT2D eigenvalue weighted by Gasteiger charge is 2.12. The van der Waals surface area contributed by atoms with Crippen LogP contribution in [0.25, 0.3) is 21.3 Å². The molecule has 27 heavy (non-hydrogen) atoms. The third-order valence-electron chi connectivity index (χ3n) is 4.48. The van der Waals surface area contributed by atoms with E-state index in [1.165, 1.54) is 0 Å². The van der Waals surface area contributed by atoms with Crippen LogP contribution in [0.5, 0.6) is 0 Å². The molecule has 2 heterocycles. The molecule has 4 rings (SSSR count). The SMILES string of the molecule is Cc1nc(-c2cccnc2)sc1CNC(=O)Cc1cccc2ccccc12. The van der Waals surface area contributed by atoms with Gasteiger partial charge in [-0.25, -0.2) is 4.98 Å². The second-order valence-corrected chi connectivity index (χ2v) is 7.44. The lowest BCUT2D eigenvalue weighted by Gasteiger charge is -2.07. The Morgan fingerprint density at radius 1 is 1.07 bits per heavy atom. The van der Waals surface area contributed by atoms with E-state index in [9.17, 15) is 4.79 Å². The van der Waals surface area contributed by atoms with Crippen molar-refractivity contribution in [2.45, 2.75) is 19.9 Å². The van der Waals surface area contributed by atoms with E-state index in [1.54, 1.807) is 23.7 Å². The van der Waals surface area contributed by atoms with Gasteiger partial charge in [-0.1, -0.05) is 42.5 Å². The molecule has 2 aromatic heterocycles. The summed E-state index contributed by atoms with van der Waals surface area (Å²) in [6, 6.07) is 18.1. The van der Waals surface area contributed by atoms with Crippen LogP contribution < -0.4 is 5.32 Å². The molecule has 0 saturated carbocycles. The second-order valence-electron chi connectivity index (χ2n) is 6.36. The van der Waals surface area contributed by atoms with Crippen LogP contribution in [-0.2, 0) is 17.8 Å². The van der Waals surface area contributed by atoms with Crippen molar-refractivity contribution >= 4 is 28.0 Å². The maximum atomic E-state index is 12.5. The number of hydrogen-bond acceptors (Lipinski definition) is 4. The van der Waals surface area contributed by atoms with Gasteiger partial charge in [-0.3, -0.25) is 9.78 Å². The van der Waals surface area contributed by atoms with Gasteiger partial charge in [0.1, 0.15) is 5.01 Å². The van der Waals surface area contributed by atoms with E-state index in [0.717, 1.165) is 37.5 Å². The zero-order valence-electron chi connectivity index (χ0n) is 15.0. The summed E-state index contributed by atoms with van der Waals surface area (Å²) in [5.41, 5.74) is 2.99. The average molecular weight is 373 g/mol. The average Bonchev–Trinajstić information content (AvgIpc) is 3.08. The molecule has 0 aliphatic rings. The summed E-state index contributed by atoms with van der Waals surface area (Å²) < 4.78 is 0. The first kappa shape index (κ1) is 17.4. The molecule has 0 aliphatic heterocycles. The summed E-state index contributed by atoms with van der Waals surface area (Å²) in [7, 11) is 0. The molecule has 5 heteroatoms. The number of fused-ring (bicyclic) bond motifs is 1. The molecule has 0 bridgehead atoms. The van der Waals surface area contributed by atoms with Crippen molar-refractivity contribution in [2.24, 2.45) is 0 Å². The molecule has 134 valence electrons. The van der Waals surface area contributed by atoms with Gasteiger partial charge in [0, 0.05) is 22.8 Å². The van der Waals surface area contributed by atoms with Crippen LogP contribution in [0.4, 0.5) is 0 Å². The van der Waals surface area contributed by atoms with E-state index in [4.69, 9.17) is 0 Å². The van der Waals surface area contributed by atoms with Crippen LogP contribution in [0.1, 0.15) is 16.1 Å². The molecule has 0 aliphatic carbocycles. The number of benzene rings is 2. The Labute approximate surface area is 161 Å². The third kappa shape index (κ3) is 3.88. The van der Waals surface area contributed by atoms with Crippen molar-refractivity contribution < 1.29 is 4.79 Å². The van der Waals surface area contributed by atoms with E-state index in [1.807, 2.05) is 43.3 Å². The van der Waals surface area contributed by atoms with Crippen LogP contribution in [0.15, 0.2) is 67.0 Å². The first-order valence-corrected chi connectivity index (χ1v) is 9.62. The number of rotatable bonds is 5. The van der Waals surface area contributed by atoms with Crippen LogP contribution in [0, 0.1) is 6.92 Å². The Bertz CT molecular complexity index is 1080. The zero-order valence-corrected chi connectivity index (χ0v) is 15.8. The van der Waals surface area contributed by atoms with Crippen molar-refractivity contribution in [1.29, 1.82) is 0 Å². The predicted molar refractivity (Wildman–Crippen MR) is 110 cm³/mol. The Morgan fingerprint density at radius 2 is 1.93 bits per heavy atom. The number of hydrogen-bond donors (Lipinski definition) is 1. The van der Waals surface area contributed by atoms with E-state index in [2.05, 4.69) is 33.5 Å². The van der Waals surface area contributed by atoms with E-state index < -0.39 is 0 Å².